The van der Waals surface area contributed by atoms with Gasteiger partial charge in [0.05, 0.1) is 16.4 Å². The minimum absolute atomic E-state index is 0.00849. The van der Waals surface area contributed by atoms with Gasteiger partial charge in [-0.1, -0.05) is 12.8 Å². The topological polar surface area (TPSA) is 71.5 Å². The summed E-state index contributed by atoms with van der Waals surface area (Å²) in [5.41, 5.74) is 2.46. The van der Waals surface area contributed by atoms with Gasteiger partial charge in [0, 0.05) is 16.5 Å². The summed E-state index contributed by atoms with van der Waals surface area (Å²) in [6.45, 7) is 5.74. The Balaban J connectivity index is 1.63. The van der Waals surface area contributed by atoms with Crippen molar-refractivity contribution in [2.75, 3.05) is 11.4 Å². The highest BCUT2D eigenvalue weighted by molar-refractivity contribution is 7.11. The summed E-state index contributed by atoms with van der Waals surface area (Å²) >= 11 is 1.64. The Morgan fingerprint density at radius 3 is 2.75 bits per heavy atom. The van der Waals surface area contributed by atoms with Crippen LogP contribution in [0.3, 0.4) is 0 Å². The molecule has 6 nitrogen and oxygen atoms in total. The number of nitrogens with one attached hydrogen (secondary N) is 1. The Labute approximate surface area is 168 Å². The molecule has 1 N–H and O–H groups in total. The van der Waals surface area contributed by atoms with Crippen molar-refractivity contribution >= 4 is 28.8 Å². The Kier molecular flexibility index (Phi) is 5.10. The molecule has 0 radical (unpaired) electrons. The molecule has 28 heavy (non-hydrogen) atoms. The van der Waals surface area contributed by atoms with E-state index in [0.717, 1.165) is 46.8 Å². The summed E-state index contributed by atoms with van der Waals surface area (Å²) in [7, 11) is 0. The lowest BCUT2D eigenvalue weighted by Crippen LogP contribution is -2.49. The Bertz CT molecular complexity index is 918. The SMILES string of the molecule is Cc1nc(-c2ccc3c(c2)N(CC(=O)NC2CCCC2)C(=O)C(C)O3)c(C)s1. The molecule has 2 heterocycles. The quantitative estimate of drug-likeness (QED) is 0.853. The predicted octanol–water partition coefficient (Wildman–Crippen LogP) is 3.60. The molecule has 0 saturated heterocycles. The third kappa shape index (κ3) is 3.63. The molecule has 0 bridgehead atoms. The third-order valence-corrected chi connectivity index (χ3v) is 6.25. The van der Waals surface area contributed by atoms with Crippen molar-refractivity contribution < 1.29 is 14.3 Å². The normalized spacial score (nSPS) is 19.5. The standard InChI is InChI=1S/C21H25N3O3S/c1-12-21(26)24(11-19(25)23-16-6-4-5-7-16)17-10-15(8-9-18(17)27-12)20-13(2)28-14(3)22-20/h8-10,12,16H,4-7,11H2,1-3H3,(H,23,25). The van der Waals surface area contributed by atoms with Gasteiger partial charge in [0.15, 0.2) is 6.10 Å². The summed E-state index contributed by atoms with van der Waals surface area (Å²) in [6, 6.07) is 5.96. The average Bonchev–Trinajstić information content (AvgIpc) is 3.27. The van der Waals surface area contributed by atoms with E-state index in [2.05, 4.69) is 10.3 Å². The van der Waals surface area contributed by atoms with Gasteiger partial charge < -0.3 is 10.1 Å². The second-order valence-corrected chi connectivity index (χ2v) is 8.96. The molecule has 1 aromatic heterocycles. The summed E-state index contributed by atoms with van der Waals surface area (Å²) < 4.78 is 5.77. The largest absolute Gasteiger partial charge is 0.479 e. The molecule has 1 aliphatic carbocycles. The maximum Gasteiger partial charge on any atom is 0.268 e. The monoisotopic (exact) mass is 399 g/mol. The van der Waals surface area contributed by atoms with Crippen LogP contribution in [0.1, 0.15) is 42.5 Å². The van der Waals surface area contributed by atoms with E-state index < -0.39 is 6.10 Å². The number of anilines is 1. The van der Waals surface area contributed by atoms with Gasteiger partial charge in [0.1, 0.15) is 12.3 Å². The second-order valence-electron chi connectivity index (χ2n) is 7.55. The molecule has 2 aromatic rings. The number of carbonyl (C=O) groups is 2. The molecular weight excluding hydrogens is 374 g/mol. The zero-order chi connectivity index (χ0) is 19.8. The molecule has 2 amide bonds. The molecule has 1 saturated carbocycles. The summed E-state index contributed by atoms with van der Waals surface area (Å²) in [5.74, 6) is 0.304. The van der Waals surface area contributed by atoms with Crippen LogP contribution < -0.4 is 15.0 Å². The average molecular weight is 400 g/mol. The molecule has 2 aliphatic rings. The molecule has 0 spiro atoms. The van der Waals surface area contributed by atoms with Crippen LogP contribution in [0.5, 0.6) is 5.75 Å². The van der Waals surface area contributed by atoms with Gasteiger partial charge in [-0.15, -0.1) is 11.3 Å². The fourth-order valence-corrected chi connectivity index (χ4v) is 4.84. The summed E-state index contributed by atoms with van der Waals surface area (Å²) in [5, 5.41) is 4.07. The molecule has 1 fully saturated rings. The van der Waals surface area contributed by atoms with E-state index in [4.69, 9.17) is 4.74 Å². The van der Waals surface area contributed by atoms with E-state index in [1.54, 1.807) is 23.2 Å². The van der Waals surface area contributed by atoms with Gasteiger partial charge in [0.2, 0.25) is 5.91 Å². The van der Waals surface area contributed by atoms with E-state index >= 15 is 0 Å². The molecule has 7 heteroatoms. The number of rotatable bonds is 4. The number of amides is 2. The van der Waals surface area contributed by atoms with Crippen LogP contribution in [0.25, 0.3) is 11.3 Å². The number of thiazole rings is 1. The maximum atomic E-state index is 12.8. The van der Waals surface area contributed by atoms with E-state index in [1.807, 2.05) is 32.0 Å². The number of carbonyl (C=O) groups excluding carboxylic acids is 2. The zero-order valence-corrected chi connectivity index (χ0v) is 17.3. The first kappa shape index (κ1) is 18.9. The summed E-state index contributed by atoms with van der Waals surface area (Å²) in [4.78, 5) is 32.7. The van der Waals surface area contributed by atoms with Crippen LogP contribution in [0.4, 0.5) is 5.69 Å². The van der Waals surface area contributed by atoms with Crippen molar-refractivity contribution in [3.05, 3.63) is 28.1 Å². The van der Waals surface area contributed by atoms with Crippen molar-refractivity contribution in [3.63, 3.8) is 0 Å². The molecular formula is C21H25N3O3S. The number of fused-ring (bicyclic) bond motifs is 1. The van der Waals surface area contributed by atoms with Crippen molar-refractivity contribution in [2.24, 2.45) is 0 Å². The Morgan fingerprint density at radius 2 is 2.07 bits per heavy atom. The first-order valence-electron chi connectivity index (χ1n) is 9.78. The highest BCUT2D eigenvalue weighted by atomic mass is 32.1. The maximum absolute atomic E-state index is 12.8. The number of aryl methyl sites for hydroxylation is 2. The summed E-state index contributed by atoms with van der Waals surface area (Å²) in [6.07, 6.45) is 3.72. The second kappa shape index (κ2) is 7.54. The van der Waals surface area contributed by atoms with Gasteiger partial charge in [-0.3, -0.25) is 14.5 Å². The lowest BCUT2D eigenvalue weighted by molar-refractivity contribution is -0.128. The van der Waals surface area contributed by atoms with Crippen molar-refractivity contribution in [2.45, 2.75) is 58.6 Å². The first-order valence-corrected chi connectivity index (χ1v) is 10.6. The highest BCUT2D eigenvalue weighted by Crippen LogP contribution is 2.38. The molecule has 1 atom stereocenters. The van der Waals surface area contributed by atoms with Gasteiger partial charge in [0.25, 0.3) is 5.91 Å². The molecule has 148 valence electrons. The minimum atomic E-state index is -0.610. The van der Waals surface area contributed by atoms with E-state index in [-0.39, 0.29) is 24.4 Å². The van der Waals surface area contributed by atoms with Crippen LogP contribution in [0, 0.1) is 13.8 Å². The van der Waals surface area contributed by atoms with Gasteiger partial charge >= 0.3 is 0 Å². The smallest absolute Gasteiger partial charge is 0.268 e. The molecule has 1 aromatic carbocycles. The fraction of sp³-hybridized carbons (Fsp3) is 0.476. The number of ether oxygens (including phenoxy) is 1. The number of hydrogen-bond acceptors (Lipinski definition) is 5. The first-order chi connectivity index (χ1) is 13.4. The van der Waals surface area contributed by atoms with Crippen molar-refractivity contribution in [3.8, 4) is 17.0 Å². The molecule has 1 unspecified atom stereocenters. The van der Waals surface area contributed by atoms with Crippen LogP contribution >= 0.6 is 11.3 Å². The predicted molar refractivity (Wildman–Crippen MR) is 110 cm³/mol. The number of aromatic nitrogens is 1. The van der Waals surface area contributed by atoms with Crippen LogP contribution in [0.2, 0.25) is 0 Å². The number of benzene rings is 1. The number of nitrogens with zero attached hydrogens (tertiary/aromatic N) is 2. The zero-order valence-electron chi connectivity index (χ0n) is 16.4. The lowest BCUT2D eigenvalue weighted by atomic mass is 10.1. The van der Waals surface area contributed by atoms with Gasteiger partial charge in [-0.2, -0.15) is 0 Å². The van der Waals surface area contributed by atoms with Crippen LogP contribution in [0.15, 0.2) is 18.2 Å². The van der Waals surface area contributed by atoms with Gasteiger partial charge in [-0.25, -0.2) is 4.98 Å². The van der Waals surface area contributed by atoms with E-state index in [1.165, 1.54) is 0 Å². The van der Waals surface area contributed by atoms with E-state index in [0.29, 0.717) is 11.4 Å². The highest BCUT2D eigenvalue weighted by Gasteiger charge is 2.33. The van der Waals surface area contributed by atoms with Crippen molar-refractivity contribution in [1.29, 1.82) is 0 Å². The van der Waals surface area contributed by atoms with E-state index in [9.17, 15) is 9.59 Å². The van der Waals surface area contributed by atoms with Crippen LogP contribution in [-0.2, 0) is 9.59 Å². The van der Waals surface area contributed by atoms with Gasteiger partial charge in [-0.05, 0) is 51.8 Å². The molecule has 1 aliphatic heterocycles. The fourth-order valence-electron chi connectivity index (χ4n) is 4.00. The lowest BCUT2D eigenvalue weighted by Gasteiger charge is -2.33. The minimum Gasteiger partial charge on any atom is -0.479 e. The Morgan fingerprint density at radius 1 is 1.32 bits per heavy atom. The molecule has 4 rings (SSSR count). The Hall–Kier alpha value is -2.41. The van der Waals surface area contributed by atoms with Crippen molar-refractivity contribution in [1.82, 2.24) is 10.3 Å². The van der Waals surface area contributed by atoms with Crippen LogP contribution in [-0.4, -0.2) is 35.5 Å². The third-order valence-electron chi connectivity index (χ3n) is 5.37. The number of hydrogen-bond donors (Lipinski definition) is 1.